The fourth-order valence-corrected chi connectivity index (χ4v) is 5.48. The Balaban J connectivity index is 1.88. The lowest BCUT2D eigenvalue weighted by atomic mass is 9.85. The Kier molecular flexibility index (Phi) is 5.81. The lowest BCUT2D eigenvalue weighted by Gasteiger charge is -2.35. The monoisotopic (exact) mass is 403 g/mol. The minimum Gasteiger partial charge on any atom is -0.457 e. The van der Waals surface area contributed by atoms with Gasteiger partial charge in [0.15, 0.2) is 9.84 Å². The van der Waals surface area contributed by atoms with Gasteiger partial charge in [-0.15, -0.1) is 0 Å². The first-order valence-electron chi connectivity index (χ1n) is 8.89. The standard InChI is InChI=1S/C20H21NO6S/c22-15-10-12-20(13-11-15,14-19(23)21-24)28(25,26)18-8-6-17(7-9-18)27-16-4-2-1-3-5-16/h1-9,24H,10-14H2,(H,21,23). The molecule has 0 spiro atoms. The first-order valence-corrected chi connectivity index (χ1v) is 10.4. The van der Waals surface area contributed by atoms with Crippen molar-refractivity contribution in [2.24, 2.45) is 0 Å². The highest BCUT2D eigenvalue weighted by Crippen LogP contribution is 2.41. The molecule has 0 saturated heterocycles. The molecule has 8 heteroatoms. The van der Waals surface area contributed by atoms with Crippen molar-refractivity contribution < 1.29 is 28.0 Å². The van der Waals surface area contributed by atoms with Crippen LogP contribution in [-0.4, -0.2) is 30.1 Å². The van der Waals surface area contributed by atoms with Crippen LogP contribution < -0.4 is 10.2 Å². The van der Waals surface area contributed by atoms with Gasteiger partial charge >= 0.3 is 0 Å². The first kappa shape index (κ1) is 20.0. The Bertz CT molecular complexity index is 944. The van der Waals surface area contributed by atoms with Gasteiger partial charge in [0.2, 0.25) is 5.91 Å². The maximum atomic E-state index is 13.3. The molecule has 0 heterocycles. The van der Waals surface area contributed by atoms with E-state index in [-0.39, 0.29) is 36.4 Å². The zero-order valence-electron chi connectivity index (χ0n) is 15.1. The minimum atomic E-state index is -3.92. The highest BCUT2D eigenvalue weighted by molar-refractivity contribution is 7.92. The molecule has 0 aromatic heterocycles. The lowest BCUT2D eigenvalue weighted by molar-refractivity contribution is -0.131. The Morgan fingerprint density at radius 2 is 1.57 bits per heavy atom. The van der Waals surface area contributed by atoms with Crippen molar-refractivity contribution in [1.29, 1.82) is 0 Å². The number of hydrogen-bond acceptors (Lipinski definition) is 6. The number of amides is 1. The number of benzene rings is 2. The predicted molar refractivity (Wildman–Crippen MR) is 101 cm³/mol. The Hall–Kier alpha value is -2.71. The van der Waals surface area contributed by atoms with Crippen LogP contribution in [-0.2, 0) is 19.4 Å². The van der Waals surface area contributed by atoms with Gasteiger partial charge in [-0.1, -0.05) is 18.2 Å². The van der Waals surface area contributed by atoms with Crippen molar-refractivity contribution in [1.82, 2.24) is 5.48 Å². The van der Waals surface area contributed by atoms with Gasteiger partial charge in [-0.05, 0) is 49.2 Å². The number of para-hydroxylation sites is 1. The second-order valence-corrected chi connectivity index (χ2v) is 9.17. The number of Topliss-reactive ketones (excluding diaryl/α,β-unsaturated/α-hetero) is 1. The van der Waals surface area contributed by atoms with E-state index < -0.39 is 26.9 Å². The topological polar surface area (TPSA) is 110 Å². The van der Waals surface area contributed by atoms with Gasteiger partial charge in [0.1, 0.15) is 17.3 Å². The third-order valence-electron chi connectivity index (χ3n) is 5.01. The molecule has 2 aromatic carbocycles. The van der Waals surface area contributed by atoms with Crippen molar-refractivity contribution in [3.63, 3.8) is 0 Å². The van der Waals surface area contributed by atoms with E-state index in [0.717, 1.165) is 0 Å². The summed E-state index contributed by atoms with van der Waals surface area (Å²) in [6, 6.07) is 15.0. The van der Waals surface area contributed by atoms with Crippen LogP contribution in [0.1, 0.15) is 32.1 Å². The number of rotatable bonds is 6. The van der Waals surface area contributed by atoms with Gasteiger partial charge in [-0.25, -0.2) is 13.9 Å². The Labute approximate surface area is 163 Å². The fraction of sp³-hybridized carbons (Fsp3) is 0.300. The average Bonchev–Trinajstić information content (AvgIpc) is 2.71. The van der Waals surface area contributed by atoms with E-state index in [9.17, 15) is 18.0 Å². The summed E-state index contributed by atoms with van der Waals surface area (Å²) in [4.78, 5) is 23.4. The SMILES string of the molecule is O=C1CCC(CC(=O)NO)(S(=O)(=O)c2ccc(Oc3ccccc3)cc2)CC1. The molecule has 0 bridgehead atoms. The van der Waals surface area contributed by atoms with E-state index in [1.165, 1.54) is 17.6 Å². The van der Waals surface area contributed by atoms with Crippen molar-refractivity contribution in [3.8, 4) is 11.5 Å². The molecule has 1 aliphatic carbocycles. The van der Waals surface area contributed by atoms with E-state index in [0.29, 0.717) is 11.5 Å². The third kappa shape index (κ3) is 4.07. The van der Waals surface area contributed by atoms with E-state index in [2.05, 4.69) is 0 Å². The molecule has 7 nitrogen and oxygen atoms in total. The summed E-state index contributed by atoms with van der Waals surface area (Å²) in [7, 11) is -3.92. The quantitative estimate of drug-likeness (QED) is 0.567. The van der Waals surface area contributed by atoms with Crippen LogP contribution in [0, 0.1) is 0 Å². The molecule has 1 aliphatic rings. The molecular formula is C20H21NO6S. The van der Waals surface area contributed by atoms with E-state index in [1.807, 2.05) is 18.2 Å². The number of ether oxygens (including phenoxy) is 1. The summed E-state index contributed by atoms with van der Waals surface area (Å²) in [6.07, 6.45) is -0.130. The largest absolute Gasteiger partial charge is 0.457 e. The van der Waals surface area contributed by atoms with Gasteiger partial charge < -0.3 is 4.74 Å². The average molecular weight is 403 g/mol. The van der Waals surface area contributed by atoms with Crippen LogP contribution >= 0.6 is 0 Å². The number of hydrogen-bond donors (Lipinski definition) is 2. The van der Waals surface area contributed by atoms with Gasteiger partial charge in [0.05, 0.1) is 9.64 Å². The summed E-state index contributed by atoms with van der Waals surface area (Å²) in [5, 5.41) is 8.87. The zero-order valence-corrected chi connectivity index (χ0v) is 15.9. The predicted octanol–water partition coefficient (Wildman–Crippen LogP) is 3.03. The molecule has 0 radical (unpaired) electrons. The second-order valence-electron chi connectivity index (χ2n) is 6.82. The van der Waals surface area contributed by atoms with Crippen LogP contribution in [0.4, 0.5) is 0 Å². The molecular weight excluding hydrogens is 382 g/mol. The Morgan fingerprint density at radius 3 is 2.14 bits per heavy atom. The molecule has 3 rings (SSSR count). The number of carbonyl (C=O) groups is 2. The maximum Gasteiger partial charge on any atom is 0.244 e. The number of ketones is 1. The summed E-state index contributed by atoms with van der Waals surface area (Å²) in [5.74, 6) is 0.287. The smallest absolute Gasteiger partial charge is 0.244 e. The zero-order chi connectivity index (χ0) is 20.2. The summed E-state index contributed by atoms with van der Waals surface area (Å²) in [5.41, 5.74) is 1.50. The summed E-state index contributed by atoms with van der Waals surface area (Å²) < 4.78 is 30.9. The highest BCUT2D eigenvalue weighted by atomic mass is 32.2. The van der Waals surface area contributed by atoms with Gasteiger partial charge in [0.25, 0.3) is 0 Å². The van der Waals surface area contributed by atoms with E-state index in [4.69, 9.17) is 9.94 Å². The Morgan fingerprint density at radius 1 is 1.00 bits per heavy atom. The fourth-order valence-electron chi connectivity index (χ4n) is 3.42. The van der Waals surface area contributed by atoms with Crippen LogP contribution in [0.3, 0.4) is 0 Å². The van der Waals surface area contributed by atoms with E-state index in [1.54, 1.807) is 24.3 Å². The van der Waals surface area contributed by atoms with Crippen LogP contribution in [0.25, 0.3) is 0 Å². The van der Waals surface area contributed by atoms with Gasteiger partial charge in [0, 0.05) is 19.3 Å². The maximum absolute atomic E-state index is 13.3. The van der Waals surface area contributed by atoms with Gasteiger partial charge in [-0.2, -0.15) is 0 Å². The number of carbonyl (C=O) groups excluding carboxylic acids is 2. The molecule has 28 heavy (non-hydrogen) atoms. The highest BCUT2D eigenvalue weighted by Gasteiger charge is 2.48. The van der Waals surface area contributed by atoms with Crippen LogP contribution in [0.2, 0.25) is 0 Å². The molecule has 1 fully saturated rings. The molecule has 1 saturated carbocycles. The van der Waals surface area contributed by atoms with E-state index >= 15 is 0 Å². The normalized spacial score (nSPS) is 16.4. The first-order chi connectivity index (χ1) is 13.4. The molecule has 2 aromatic rings. The van der Waals surface area contributed by atoms with Gasteiger partial charge in [-0.3, -0.25) is 14.8 Å². The molecule has 148 valence electrons. The summed E-state index contributed by atoms with van der Waals surface area (Å²) >= 11 is 0. The lowest BCUT2D eigenvalue weighted by Crippen LogP contribution is -2.46. The molecule has 0 atom stereocenters. The molecule has 1 amide bonds. The van der Waals surface area contributed by atoms with Crippen molar-refractivity contribution in [2.75, 3.05) is 0 Å². The number of hydroxylamine groups is 1. The minimum absolute atomic E-state index is 0.0261. The van der Waals surface area contributed by atoms with Crippen LogP contribution in [0.15, 0.2) is 59.5 Å². The molecule has 2 N–H and O–H groups in total. The number of nitrogens with one attached hydrogen (secondary N) is 1. The van der Waals surface area contributed by atoms with Crippen molar-refractivity contribution >= 4 is 21.5 Å². The van der Waals surface area contributed by atoms with Crippen molar-refractivity contribution in [2.45, 2.75) is 41.7 Å². The van der Waals surface area contributed by atoms with Crippen LogP contribution in [0.5, 0.6) is 11.5 Å². The number of sulfone groups is 1. The summed E-state index contributed by atoms with van der Waals surface area (Å²) in [6.45, 7) is 0. The second kappa shape index (κ2) is 8.12. The molecule has 0 unspecified atom stereocenters. The molecule has 0 aliphatic heterocycles. The van der Waals surface area contributed by atoms with Crippen molar-refractivity contribution in [3.05, 3.63) is 54.6 Å². The third-order valence-corrected chi connectivity index (χ3v) is 7.59.